The standard InChI is InChI=1S/C18H15Cl2F2NO2/c19-14-3-1-11(9-15(14)20)18(24)23-7-5-13(6-8-23)25-17-4-2-12(21)10-16(17)22/h1-4,9-10,13H,5-8H2. The van der Waals surface area contributed by atoms with E-state index in [1.165, 1.54) is 6.07 Å². The lowest BCUT2D eigenvalue weighted by Gasteiger charge is -2.32. The largest absolute Gasteiger partial charge is 0.487 e. The predicted molar refractivity (Wildman–Crippen MR) is 92.4 cm³/mol. The number of nitrogens with zero attached hydrogens (tertiary/aromatic N) is 1. The molecule has 1 saturated heterocycles. The molecule has 0 unspecified atom stereocenters. The third-order valence-electron chi connectivity index (χ3n) is 4.08. The molecule has 25 heavy (non-hydrogen) atoms. The van der Waals surface area contributed by atoms with E-state index < -0.39 is 11.6 Å². The normalized spacial score (nSPS) is 15.3. The quantitative estimate of drug-likeness (QED) is 0.747. The Hall–Kier alpha value is -1.85. The number of carbonyl (C=O) groups is 1. The number of halogens is 4. The monoisotopic (exact) mass is 385 g/mol. The molecule has 0 saturated carbocycles. The minimum absolute atomic E-state index is 0.0238. The third-order valence-corrected chi connectivity index (χ3v) is 4.82. The van der Waals surface area contributed by atoms with Crippen molar-refractivity contribution in [3.05, 3.63) is 63.6 Å². The lowest BCUT2D eigenvalue weighted by molar-refractivity contribution is 0.0588. The molecular formula is C18H15Cl2F2NO2. The van der Waals surface area contributed by atoms with Crippen molar-refractivity contribution in [2.75, 3.05) is 13.1 Å². The van der Waals surface area contributed by atoms with E-state index in [1.54, 1.807) is 23.1 Å². The topological polar surface area (TPSA) is 29.5 Å². The van der Waals surface area contributed by atoms with Crippen LogP contribution in [0.2, 0.25) is 10.0 Å². The Labute approximate surface area is 154 Å². The van der Waals surface area contributed by atoms with E-state index in [0.717, 1.165) is 12.1 Å². The van der Waals surface area contributed by atoms with E-state index in [9.17, 15) is 13.6 Å². The molecule has 7 heteroatoms. The summed E-state index contributed by atoms with van der Waals surface area (Å²) in [5.74, 6) is -1.48. The smallest absolute Gasteiger partial charge is 0.253 e. The van der Waals surface area contributed by atoms with Crippen LogP contribution in [0, 0.1) is 11.6 Å². The highest BCUT2D eigenvalue weighted by Gasteiger charge is 2.25. The van der Waals surface area contributed by atoms with Gasteiger partial charge in [0.2, 0.25) is 0 Å². The summed E-state index contributed by atoms with van der Waals surface area (Å²) in [4.78, 5) is 14.2. The second-order valence-corrected chi connectivity index (χ2v) is 6.63. The van der Waals surface area contributed by atoms with E-state index in [4.69, 9.17) is 27.9 Å². The summed E-state index contributed by atoms with van der Waals surface area (Å²) in [6.45, 7) is 0.957. The summed E-state index contributed by atoms with van der Waals surface area (Å²) >= 11 is 11.8. The van der Waals surface area contributed by atoms with Crippen LogP contribution in [0.25, 0.3) is 0 Å². The summed E-state index contributed by atoms with van der Waals surface area (Å²) < 4.78 is 32.2. The van der Waals surface area contributed by atoms with Gasteiger partial charge in [0.25, 0.3) is 5.91 Å². The SMILES string of the molecule is O=C(c1ccc(Cl)c(Cl)c1)N1CCC(Oc2ccc(F)cc2F)CC1. The van der Waals surface area contributed by atoms with Crippen molar-refractivity contribution in [1.82, 2.24) is 4.90 Å². The van der Waals surface area contributed by atoms with Gasteiger partial charge >= 0.3 is 0 Å². The molecule has 1 fully saturated rings. The van der Waals surface area contributed by atoms with Gasteiger partial charge in [-0.1, -0.05) is 23.2 Å². The lowest BCUT2D eigenvalue weighted by Crippen LogP contribution is -2.41. The molecule has 1 heterocycles. The molecule has 1 aliphatic heterocycles. The highest BCUT2D eigenvalue weighted by atomic mass is 35.5. The van der Waals surface area contributed by atoms with Crippen LogP contribution in [0.5, 0.6) is 5.75 Å². The number of hydrogen-bond donors (Lipinski definition) is 0. The Balaban J connectivity index is 1.59. The first-order valence-electron chi connectivity index (χ1n) is 7.80. The van der Waals surface area contributed by atoms with Gasteiger partial charge < -0.3 is 9.64 Å². The van der Waals surface area contributed by atoms with Gasteiger partial charge in [-0.2, -0.15) is 0 Å². The van der Waals surface area contributed by atoms with E-state index >= 15 is 0 Å². The number of ether oxygens (including phenoxy) is 1. The molecular weight excluding hydrogens is 371 g/mol. The maximum absolute atomic E-state index is 13.6. The van der Waals surface area contributed by atoms with Gasteiger partial charge in [-0.05, 0) is 30.3 Å². The average molecular weight is 386 g/mol. The van der Waals surface area contributed by atoms with Crippen molar-refractivity contribution in [3.63, 3.8) is 0 Å². The van der Waals surface area contributed by atoms with E-state index in [0.29, 0.717) is 41.5 Å². The van der Waals surface area contributed by atoms with Crippen molar-refractivity contribution >= 4 is 29.1 Å². The molecule has 3 rings (SSSR count). The minimum Gasteiger partial charge on any atom is -0.487 e. The molecule has 0 atom stereocenters. The maximum Gasteiger partial charge on any atom is 0.253 e. The van der Waals surface area contributed by atoms with Crippen LogP contribution in [0.15, 0.2) is 36.4 Å². The molecule has 0 N–H and O–H groups in total. The van der Waals surface area contributed by atoms with Crippen LogP contribution in [-0.4, -0.2) is 30.0 Å². The van der Waals surface area contributed by atoms with Crippen LogP contribution in [0.4, 0.5) is 8.78 Å². The summed E-state index contributed by atoms with van der Waals surface area (Å²) in [6.07, 6.45) is 0.895. The predicted octanol–water partition coefficient (Wildman–Crippen LogP) is 4.96. The molecule has 0 radical (unpaired) electrons. The van der Waals surface area contributed by atoms with Gasteiger partial charge in [0.15, 0.2) is 11.6 Å². The molecule has 2 aromatic rings. The summed E-state index contributed by atoms with van der Waals surface area (Å²) in [6, 6.07) is 7.98. The molecule has 0 spiro atoms. The third kappa shape index (κ3) is 4.22. The maximum atomic E-state index is 13.6. The molecule has 1 aliphatic rings. The zero-order valence-electron chi connectivity index (χ0n) is 13.1. The minimum atomic E-state index is -0.727. The summed E-state index contributed by atoms with van der Waals surface area (Å²) in [7, 11) is 0. The fourth-order valence-electron chi connectivity index (χ4n) is 2.74. The van der Waals surface area contributed by atoms with Crippen LogP contribution in [0.1, 0.15) is 23.2 Å². The molecule has 1 amide bonds. The van der Waals surface area contributed by atoms with Crippen molar-refractivity contribution in [3.8, 4) is 5.75 Å². The Morgan fingerprint density at radius 3 is 2.40 bits per heavy atom. The van der Waals surface area contributed by atoms with Gasteiger partial charge in [-0.25, -0.2) is 8.78 Å². The van der Waals surface area contributed by atoms with Gasteiger partial charge in [0.05, 0.1) is 10.0 Å². The van der Waals surface area contributed by atoms with Crippen molar-refractivity contribution in [2.24, 2.45) is 0 Å². The molecule has 0 bridgehead atoms. The van der Waals surface area contributed by atoms with Gasteiger partial charge in [-0.3, -0.25) is 4.79 Å². The number of carbonyl (C=O) groups excluding carboxylic acids is 1. The Kier molecular flexibility index (Phi) is 5.45. The van der Waals surface area contributed by atoms with E-state index in [1.807, 2.05) is 0 Å². The Morgan fingerprint density at radius 1 is 1.04 bits per heavy atom. The average Bonchev–Trinajstić information content (AvgIpc) is 2.60. The number of piperidine rings is 1. The van der Waals surface area contributed by atoms with Gasteiger partial charge in [0.1, 0.15) is 11.9 Å². The fraction of sp³-hybridized carbons (Fsp3) is 0.278. The molecule has 2 aromatic carbocycles. The zero-order valence-corrected chi connectivity index (χ0v) is 14.7. The van der Waals surface area contributed by atoms with Crippen LogP contribution >= 0.6 is 23.2 Å². The van der Waals surface area contributed by atoms with Gasteiger partial charge in [0, 0.05) is 37.6 Å². The first-order valence-corrected chi connectivity index (χ1v) is 8.55. The molecule has 3 nitrogen and oxygen atoms in total. The van der Waals surface area contributed by atoms with Crippen molar-refractivity contribution < 1.29 is 18.3 Å². The highest BCUT2D eigenvalue weighted by Crippen LogP contribution is 2.26. The number of likely N-dealkylation sites (tertiary alicyclic amines) is 1. The van der Waals surface area contributed by atoms with Crippen molar-refractivity contribution in [1.29, 1.82) is 0 Å². The summed E-state index contributed by atoms with van der Waals surface area (Å²) in [5, 5.41) is 0.726. The number of hydrogen-bond acceptors (Lipinski definition) is 2. The first kappa shape index (κ1) is 18.0. The van der Waals surface area contributed by atoms with E-state index in [2.05, 4.69) is 0 Å². The van der Waals surface area contributed by atoms with Crippen LogP contribution < -0.4 is 4.74 Å². The zero-order chi connectivity index (χ0) is 18.0. The number of rotatable bonds is 3. The molecule has 132 valence electrons. The second-order valence-electron chi connectivity index (χ2n) is 5.81. The molecule has 0 aromatic heterocycles. The van der Waals surface area contributed by atoms with Crippen molar-refractivity contribution in [2.45, 2.75) is 18.9 Å². The van der Waals surface area contributed by atoms with Crippen LogP contribution in [-0.2, 0) is 0 Å². The van der Waals surface area contributed by atoms with E-state index in [-0.39, 0.29) is 17.8 Å². The van der Waals surface area contributed by atoms with Gasteiger partial charge in [-0.15, -0.1) is 0 Å². The molecule has 0 aliphatic carbocycles. The summed E-state index contributed by atoms with van der Waals surface area (Å²) in [5.41, 5.74) is 0.471. The first-order chi connectivity index (χ1) is 11.9. The number of amides is 1. The number of benzene rings is 2. The Morgan fingerprint density at radius 2 is 1.76 bits per heavy atom. The Bertz CT molecular complexity index is 793. The second kappa shape index (κ2) is 7.58. The fourth-order valence-corrected chi connectivity index (χ4v) is 3.04. The highest BCUT2D eigenvalue weighted by molar-refractivity contribution is 6.42. The lowest BCUT2D eigenvalue weighted by atomic mass is 10.1. The van der Waals surface area contributed by atoms with Crippen LogP contribution in [0.3, 0.4) is 0 Å².